The second-order valence-electron chi connectivity index (χ2n) is 6.24. The summed E-state index contributed by atoms with van der Waals surface area (Å²) < 4.78 is 10.9. The van der Waals surface area contributed by atoms with Gasteiger partial charge in [0.05, 0.1) is 5.69 Å². The van der Waals surface area contributed by atoms with E-state index in [0.29, 0.717) is 6.54 Å². The van der Waals surface area contributed by atoms with Crippen molar-refractivity contribution >= 4 is 11.0 Å². The van der Waals surface area contributed by atoms with Crippen molar-refractivity contribution in [1.29, 1.82) is 0 Å². The molecule has 5 nitrogen and oxygen atoms in total. The van der Waals surface area contributed by atoms with Crippen LogP contribution in [0.25, 0.3) is 11.0 Å². The largest absolute Gasteiger partial charge is 0.491 e. The summed E-state index contributed by atoms with van der Waals surface area (Å²) in [5.41, 5.74) is 1.66. The molecular weight excluding hydrogens is 268 g/mol. The van der Waals surface area contributed by atoms with Crippen molar-refractivity contribution < 1.29 is 14.4 Å². The molecule has 1 unspecified atom stereocenters. The molecule has 1 heterocycles. The SMILES string of the molecule is CCc1noc2ccc(OCC(O)CNC(C)(C)C)cc12. The van der Waals surface area contributed by atoms with E-state index < -0.39 is 6.10 Å². The quantitative estimate of drug-likeness (QED) is 0.856. The molecule has 0 aliphatic rings. The number of benzene rings is 1. The molecule has 21 heavy (non-hydrogen) atoms. The molecule has 1 aromatic heterocycles. The van der Waals surface area contributed by atoms with Gasteiger partial charge in [0.1, 0.15) is 18.5 Å². The molecule has 0 aliphatic carbocycles. The van der Waals surface area contributed by atoms with Crippen molar-refractivity contribution in [2.45, 2.75) is 45.8 Å². The Hall–Kier alpha value is -1.59. The second kappa shape index (κ2) is 6.45. The highest BCUT2D eigenvalue weighted by atomic mass is 16.5. The summed E-state index contributed by atoms with van der Waals surface area (Å²) in [7, 11) is 0. The van der Waals surface area contributed by atoms with E-state index in [1.54, 1.807) is 0 Å². The van der Waals surface area contributed by atoms with Crippen LogP contribution < -0.4 is 10.1 Å². The first-order valence-corrected chi connectivity index (χ1v) is 7.33. The third kappa shape index (κ3) is 4.44. The van der Waals surface area contributed by atoms with Gasteiger partial charge in [-0.25, -0.2) is 0 Å². The van der Waals surface area contributed by atoms with Crippen LogP contribution in [-0.4, -0.2) is 35.1 Å². The number of hydrogen-bond donors (Lipinski definition) is 2. The van der Waals surface area contributed by atoms with Crippen molar-refractivity contribution in [2.75, 3.05) is 13.2 Å². The van der Waals surface area contributed by atoms with Gasteiger partial charge in [0, 0.05) is 17.5 Å². The van der Waals surface area contributed by atoms with Crippen LogP contribution in [0, 0.1) is 0 Å². The van der Waals surface area contributed by atoms with Gasteiger partial charge in [-0.1, -0.05) is 12.1 Å². The summed E-state index contributed by atoms with van der Waals surface area (Å²) in [5.74, 6) is 0.718. The lowest BCUT2D eigenvalue weighted by Gasteiger charge is -2.22. The van der Waals surface area contributed by atoms with E-state index in [1.807, 2.05) is 25.1 Å². The van der Waals surface area contributed by atoms with Crippen molar-refractivity contribution in [2.24, 2.45) is 0 Å². The van der Waals surface area contributed by atoms with Crippen molar-refractivity contribution in [3.8, 4) is 5.75 Å². The first kappa shape index (κ1) is 15.8. The lowest BCUT2D eigenvalue weighted by molar-refractivity contribution is 0.100. The van der Waals surface area contributed by atoms with Gasteiger partial charge in [0.2, 0.25) is 0 Å². The Morgan fingerprint density at radius 3 is 2.81 bits per heavy atom. The fraction of sp³-hybridized carbons (Fsp3) is 0.562. The first-order chi connectivity index (χ1) is 9.89. The molecule has 2 aromatic rings. The molecule has 2 rings (SSSR count). The Morgan fingerprint density at radius 2 is 2.14 bits per heavy atom. The number of β-amino-alcohol motifs (C(OH)–C–C–N with tert-alkyl or cyclic N) is 1. The maximum Gasteiger partial charge on any atom is 0.167 e. The Labute approximate surface area is 125 Å². The predicted octanol–water partition coefficient (Wildman–Crippen LogP) is 2.52. The van der Waals surface area contributed by atoms with Crippen LogP contribution in [0.3, 0.4) is 0 Å². The van der Waals surface area contributed by atoms with E-state index in [0.717, 1.165) is 28.8 Å². The summed E-state index contributed by atoms with van der Waals surface area (Å²) in [5, 5.41) is 18.2. The maximum atomic E-state index is 9.93. The highest BCUT2D eigenvalue weighted by Crippen LogP contribution is 2.24. The van der Waals surface area contributed by atoms with Crippen LogP contribution in [0.2, 0.25) is 0 Å². The van der Waals surface area contributed by atoms with Crippen molar-refractivity contribution in [1.82, 2.24) is 10.5 Å². The topological polar surface area (TPSA) is 67.5 Å². The molecule has 0 saturated heterocycles. The molecule has 0 spiro atoms. The standard InChI is InChI=1S/C16H24N2O3/c1-5-14-13-8-12(6-7-15(13)21-18-14)20-10-11(19)9-17-16(2,3)4/h6-8,11,17,19H,5,9-10H2,1-4H3. The van der Waals surface area contributed by atoms with E-state index in [4.69, 9.17) is 9.26 Å². The third-order valence-electron chi connectivity index (χ3n) is 3.16. The number of nitrogens with zero attached hydrogens (tertiary/aromatic N) is 1. The van der Waals surface area contributed by atoms with E-state index >= 15 is 0 Å². The number of rotatable bonds is 6. The average molecular weight is 292 g/mol. The zero-order valence-corrected chi connectivity index (χ0v) is 13.1. The minimum atomic E-state index is -0.548. The second-order valence-corrected chi connectivity index (χ2v) is 6.24. The first-order valence-electron chi connectivity index (χ1n) is 7.33. The number of aliphatic hydroxyl groups excluding tert-OH is 1. The highest BCUT2D eigenvalue weighted by molar-refractivity contribution is 5.80. The molecular formula is C16H24N2O3. The number of ether oxygens (including phenoxy) is 1. The van der Waals surface area contributed by atoms with E-state index in [9.17, 15) is 5.11 Å². The number of aromatic nitrogens is 1. The summed E-state index contributed by atoms with van der Waals surface area (Å²) in [6, 6.07) is 5.59. The molecule has 116 valence electrons. The van der Waals surface area contributed by atoms with Gasteiger partial charge in [-0.15, -0.1) is 0 Å². The van der Waals surface area contributed by atoms with E-state index in [2.05, 4.69) is 31.2 Å². The summed E-state index contributed by atoms with van der Waals surface area (Å²) in [4.78, 5) is 0. The number of aryl methyl sites for hydroxylation is 1. The molecule has 1 atom stereocenters. The Kier molecular flexibility index (Phi) is 4.85. The van der Waals surface area contributed by atoms with Crippen LogP contribution in [-0.2, 0) is 6.42 Å². The Balaban J connectivity index is 1.94. The zero-order valence-electron chi connectivity index (χ0n) is 13.1. The van der Waals surface area contributed by atoms with Gasteiger partial charge in [-0.3, -0.25) is 0 Å². The molecule has 5 heteroatoms. The molecule has 1 aromatic carbocycles. The minimum Gasteiger partial charge on any atom is -0.491 e. The highest BCUT2D eigenvalue weighted by Gasteiger charge is 2.13. The van der Waals surface area contributed by atoms with Gasteiger partial charge in [-0.05, 0) is 45.4 Å². The minimum absolute atomic E-state index is 0.0155. The number of aliphatic hydroxyl groups is 1. The Bertz CT molecular complexity index is 587. The molecule has 0 radical (unpaired) electrons. The number of nitrogens with one attached hydrogen (secondary N) is 1. The molecule has 0 saturated carbocycles. The van der Waals surface area contributed by atoms with Crippen molar-refractivity contribution in [3.05, 3.63) is 23.9 Å². The third-order valence-corrected chi connectivity index (χ3v) is 3.16. The van der Waals surface area contributed by atoms with Crippen LogP contribution >= 0.6 is 0 Å². The molecule has 0 aliphatic heterocycles. The number of hydrogen-bond acceptors (Lipinski definition) is 5. The lowest BCUT2D eigenvalue weighted by Crippen LogP contribution is -2.42. The van der Waals surface area contributed by atoms with E-state index in [1.165, 1.54) is 0 Å². The molecule has 2 N–H and O–H groups in total. The lowest BCUT2D eigenvalue weighted by atomic mass is 10.1. The van der Waals surface area contributed by atoms with Crippen LogP contribution in [0.15, 0.2) is 22.7 Å². The smallest absolute Gasteiger partial charge is 0.167 e. The predicted molar refractivity (Wildman–Crippen MR) is 82.6 cm³/mol. The molecule has 0 bridgehead atoms. The van der Waals surface area contributed by atoms with Gasteiger partial charge in [0.25, 0.3) is 0 Å². The Morgan fingerprint density at radius 1 is 1.38 bits per heavy atom. The fourth-order valence-corrected chi connectivity index (χ4v) is 1.99. The van der Waals surface area contributed by atoms with Crippen LogP contribution in [0.1, 0.15) is 33.4 Å². The summed E-state index contributed by atoms with van der Waals surface area (Å²) in [6.45, 7) is 8.97. The van der Waals surface area contributed by atoms with Crippen LogP contribution in [0.5, 0.6) is 5.75 Å². The molecule has 0 fully saturated rings. The van der Waals surface area contributed by atoms with Gasteiger partial charge in [0.15, 0.2) is 5.58 Å². The molecule has 0 amide bonds. The zero-order chi connectivity index (χ0) is 15.5. The van der Waals surface area contributed by atoms with Gasteiger partial charge >= 0.3 is 0 Å². The summed E-state index contributed by atoms with van der Waals surface area (Å²) >= 11 is 0. The van der Waals surface area contributed by atoms with Gasteiger partial charge in [-0.2, -0.15) is 0 Å². The summed E-state index contributed by atoms with van der Waals surface area (Å²) in [6.07, 6.45) is 0.266. The normalized spacial score (nSPS) is 13.6. The maximum absolute atomic E-state index is 9.93. The van der Waals surface area contributed by atoms with E-state index in [-0.39, 0.29) is 12.1 Å². The van der Waals surface area contributed by atoms with Crippen molar-refractivity contribution in [3.63, 3.8) is 0 Å². The monoisotopic (exact) mass is 292 g/mol. The number of fused-ring (bicyclic) bond motifs is 1. The van der Waals surface area contributed by atoms with Gasteiger partial charge < -0.3 is 19.7 Å². The van der Waals surface area contributed by atoms with Crippen LogP contribution in [0.4, 0.5) is 0 Å². The average Bonchev–Trinajstić information content (AvgIpc) is 2.84. The fourth-order valence-electron chi connectivity index (χ4n) is 1.99.